The van der Waals surface area contributed by atoms with E-state index in [0.717, 1.165) is 18.9 Å². The molecule has 1 fully saturated rings. The highest BCUT2D eigenvalue weighted by Crippen LogP contribution is 2.26. The number of halogens is 2. The van der Waals surface area contributed by atoms with Gasteiger partial charge in [-0.3, -0.25) is 9.59 Å². The number of fused-ring (bicyclic) bond motifs is 1. The van der Waals surface area contributed by atoms with E-state index in [4.69, 9.17) is 0 Å². The molecular weight excluding hydrogens is 473 g/mol. The third-order valence-electron chi connectivity index (χ3n) is 3.84. The highest BCUT2D eigenvalue weighted by atomic mass is 127. The van der Waals surface area contributed by atoms with Crippen LogP contribution in [-0.4, -0.2) is 40.4 Å². The summed E-state index contributed by atoms with van der Waals surface area (Å²) in [5.41, 5.74) is 1.02. The highest BCUT2D eigenvalue weighted by Gasteiger charge is 2.30. The second kappa shape index (κ2) is 6.64. The Morgan fingerprint density at radius 3 is 2.87 bits per heavy atom. The summed E-state index contributed by atoms with van der Waals surface area (Å²) in [6, 6.07) is 6.08. The zero-order chi connectivity index (χ0) is 16.6. The minimum Gasteiger partial charge on any atom is -0.348 e. The summed E-state index contributed by atoms with van der Waals surface area (Å²) in [6.07, 6.45) is 3.27. The van der Waals surface area contributed by atoms with Gasteiger partial charge in [0, 0.05) is 32.7 Å². The minimum atomic E-state index is -0.0914. The first-order valence-corrected chi connectivity index (χ1v) is 8.99. The summed E-state index contributed by atoms with van der Waals surface area (Å²) in [5, 5.41) is 4.09. The maximum absolute atomic E-state index is 12.2. The average molecular weight is 488 g/mol. The number of amides is 2. The molecule has 2 aromatic rings. The van der Waals surface area contributed by atoms with Gasteiger partial charge in [-0.25, -0.2) is 0 Å². The van der Waals surface area contributed by atoms with Crippen LogP contribution in [0.25, 0.3) is 10.9 Å². The summed E-state index contributed by atoms with van der Waals surface area (Å²) in [5.74, 6) is -0.139. The number of carbonyl (C=O) groups excluding carboxylic acids is 2. The van der Waals surface area contributed by atoms with Crippen molar-refractivity contribution >= 4 is 61.2 Å². The summed E-state index contributed by atoms with van der Waals surface area (Å²) in [7, 11) is 0. The molecule has 1 aromatic carbocycles. The van der Waals surface area contributed by atoms with Crippen LogP contribution < -0.4 is 5.32 Å². The van der Waals surface area contributed by atoms with E-state index in [-0.39, 0.29) is 24.4 Å². The van der Waals surface area contributed by atoms with Gasteiger partial charge in [0.05, 0.1) is 11.6 Å². The molecule has 1 aliphatic heterocycles. The molecule has 0 saturated carbocycles. The lowest BCUT2D eigenvalue weighted by molar-refractivity contribution is -0.133. The first-order chi connectivity index (χ1) is 11.0. The van der Waals surface area contributed by atoms with E-state index in [0.29, 0.717) is 13.1 Å². The molecule has 0 bridgehead atoms. The Kier molecular flexibility index (Phi) is 4.77. The van der Waals surface area contributed by atoms with Crippen molar-refractivity contribution in [1.82, 2.24) is 14.8 Å². The van der Waals surface area contributed by atoms with Crippen molar-refractivity contribution in [1.29, 1.82) is 0 Å². The van der Waals surface area contributed by atoms with Gasteiger partial charge >= 0.3 is 0 Å². The minimum absolute atomic E-state index is 0.0269. The fourth-order valence-electron chi connectivity index (χ4n) is 2.66. The van der Waals surface area contributed by atoms with Gasteiger partial charge < -0.3 is 14.8 Å². The normalized spacial score (nSPS) is 14.6. The lowest BCUT2D eigenvalue weighted by atomic mass is 10.1. The summed E-state index contributed by atoms with van der Waals surface area (Å²) in [4.78, 5) is 25.3. The monoisotopic (exact) mass is 487 g/mol. The number of benzene rings is 1. The zero-order valence-electron chi connectivity index (χ0n) is 12.3. The number of nitrogens with zero attached hydrogens (tertiary/aromatic N) is 2. The Morgan fingerprint density at radius 1 is 1.43 bits per heavy atom. The van der Waals surface area contributed by atoms with Crippen LogP contribution in [0.1, 0.15) is 0 Å². The average Bonchev–Trinajstić information content (AvgIpc) is 2.77. The van der Waals surface area contributed by atoms with Crippen LogP contribution in [0.3, 0.4) is 0 Å². The fraction of sp³-hybridized carbons (Fsp3) is 0.250. The third kappa shape index (κ3) is 3.45. The molecule has 0 spiro atoms. The van der Waals surface area contributed by atoms with E-state index in [9.17, 15) is 9.59 Å². The molecule has 3 rings (SSSR count). The molecule has 0 atom stereocenters. The topological polar surface area (TPSA) is 54.3 Å². The van der Waals surface area contributed by atoms with Gasteiger partial charge in [-0.15, -0.1) is 0 Å². The standard InChI is InChI=1S/C16H15BrIN3O2/c1-2-16(23)21-6-11(7-21)19-15(22)9-20-8-13(18)12-4-3-10(17)5-14(12)20/h2-5,8,11H,1,6-7,9H2,(H,19,22). The SMILES string of the molecule is C=CC(=O)N1CC(NC(=O)Cn2cc(I)c3ccc(Br)cc32)C1. The molecule has 0 aliphatic carbocycles. The molecule has 5 nitrogen and oxygen atoms in total. The lowest BCUT2D eigenvalue weighted by Crippen LogP contribution is -2.61. The smallest absolute Gasteiger partial charge is 0.246 e. The van der Waals surface area contributed by atoms with Crippen LogP contribution in [-0.2, 0) is 16.1 Å². The summed E-state index contributed by atoms with van der Waals surface area (Å²) < 4.78 is 4.05. The van der Waals surface area contributed by atoms with E-state index in [1.807, 2.05) is 29.0 Å². The molecule has 2 amide bonds. The van der Waals surface area contributed by atoms with E-state index >= 15 is 0 Å². The summed E-state index contributed by atoms with van der Waals surface area (Å²) in [6.45, 7) is 4.82. The van der Waals surface area contributed by atoms with Gasteiger partial charge in [-0.1, -0.05) is 28.6 Å². The van der Waals surface area contributed by atoms with E-state index < -0.39 is 0 Å². The highest BCUT2D eigenvalue weighted by molar-refractivity contribution is 14.1. The Bertz CT molecular complexity index is 796. The second-order valence-corrected chi connectivity index (χ2v) is 7.56. The predicted molar refractivity (Wildman–Crippen MR) is 101 cm³/mol. The quantitative estimate of drug-likeness (QED) is 0.532. The third-order valence-corrected chi connectivity index (χ3v) is 5.20. The molecule has 2 heterocycles. The first kappa shape index (κ1) is 16.5. The maximum Gasteiger partial charge on any atom is 0.246 e. The van der Waals surface area contributed by atoms with Gasteiger partial charge in [-0.05, 0) is 40.8 Å². The number of likely N-dealkylation sites (tertiary alicyclic amines) is 1. The predicted octanol–water partition coefficient (Wildman–Crippen LogP) is 2.52. The van der Waals surface area contributed by atoms with Crippen molar-refractivity contribution in [3.05, 3.63) is 45.1 Å². The van der Waals surface area contributed by atoms with E-state index in [1.165, 1.54) is 6.08 Å². The number of hydrogen-bond acceptors (Lipinski definition) is 2. The van der Waals surface area contributed by atoms with Crippen LogP contribution >= 0.6 is 38.5 Å². The largest absolute Gasteiger partial charge is 0.348 e. The molecule has 7 heteroatoms. The molecule has 120 valence electrons. The maximum atomic E-state index is 12.2. The molecule has 1 N–H and O–H groups in total. The molecular formula is C16H15BrIN3O2. The van der Waals surface area contributed by atoms with Crippen molar-refractivity contribution in [2.24, 2.45) is 0 Å². The van der Waals surface area contributed by atoms with E-state index in [1.54, 1.807) is 4.90 Å². The molecule has 23 heavy (non-hydrogen) atoms. The Hall–Kier alpha value is -1.35. The van der Waals surface area contributed by atoms with Crippen LogP contribution in [0.15, 0.2) is 41.5 Å². The molecule has 0 radical (unpaired) electrons. The van der Waals surface area contributed by atoms with Crippen LogP contribution in [0.4, 0.5) is 0 Å². The zero-order valence-corrected chi connectivity index (χ0v) is 16.0. The number of hydrogen-bond donors (Lipinski definition) is 1. The van der Waals surface area contributed by atoms with Crippen LogP contribution in [0.2, 0.25) is 0 Å². The van der Waals surface area contributed by atoms with Crippen LogP contribution in [0, 0.1) is 3.57 Å². The number of rotatable bonds is 4. The van der Waals surface area contributed by atoms with Crippen molar-refractivity contribution in [3.63, 3.8) is 0 Å². The van der Waals surface area contributed by atoms with Gasteiger partial charge in [-0.2, -0.15) is 0 Å². The van der Waals surface area contributed by atoms with Gasteiger partial charge in [0.15, 0.2) is 0 Å². The van der Waals surface area contributed by atoms with Crippen molar-refractivity contribution in [2.75, 3.05) is 13.1 Å². The number of aromatic nitrogens is 1. The molecule has 0 unspecified atom stereocenters. The Labute approximate surface area is 156 Å². The number of carbonyl (C=O) groups is 2. The molecule has 1 aromatic heterocycles. The number of nitrogens with one attached hydrogen (secondary N) is 1. The van der Waals surface area contributed by atoms with Crippen molar-refractivity contribution in [2.45, 2.75) is 12.6 Å². The lowest BCUT2D eigenvalue weighted by Gasteiger charge is -2.38. The van der Waals surface area contributed by atoms with Gasteiger partial charge in [0.25, 0.3) is 0 Å². The first-order valence-electron chi connectivity index (χ1n) is 7.12. The van der Waals surface area contributed by atoms with Crippen molar-refractivity contribution < 1.29 is 9.59 Å². The van der Waals surface area contributed by atoms with Crippen LogP contribution in [0.5, 0.6) is 0 Å². The Morgan fingerprint density at radius 2 is 2.17 bits per heavy atom. The fourth-order valence-corrected chi connectivity index (χ4v) is 3.80. The van der Waals surface area contributed by atoms with Crippen molar-refractivity contribution in [3.8, 4) is 0 Å². The second-order valence-electron chi connectivity index (χ2n) is 5.48. The molecule has 1 saturated heterocycles. The Balaban J connectivity index is 1.64. The van der Waals surface area contributed by atoms with Gasteiger partial charge in [0.2, 0.25) is 11.8 Å². The van der Waals surface area contributed by atoms with E-state index in [2.05, 4.69) is 50.4 Å². The summed E-state index contributed by atoms with van der Waals surface area (Å²) >= 11 is 5.74. The van der Waals surface area contributed by atoms with Gasteiger partial charge in [0.1, 0.15) is 6.54 Å². The molecule has 1 aliphatic rings.